The lowest BCUT2D eigenvalue weighted by atomic mass is 10.3. The van der Waals surface area contributed by atoms with Crippen molar-refractivity contribution in [1.29, 1.82) is 0 Å². The van der Waals surface area contributed by atoms with E-state index in [1.54, 1.807) is 18.2 Å². The van der Waals surface area contributed by atoms with Crippen molar-refractivity contribution in [3.05, 3.63) is 27.7 Å². The minimum absolute atomic E-state index is 0.0640. The molecule has 0 spiro atoms. The molecule has 0 amide bonds. The molecule has 0 bridgehead atoms. The van der Waals surface area contributed by atoms with E-state index in [2.05, 4.69) is 15.9 Å². The van der Waals surface area contributed by atoms with Crippen LogP contribution in [0, 0.1) is 0 Å². The second-order valence-electron chi connectivity index (χ2n) is 4.38. The Kier molecular flexibility index (Phi) is 4.93. The Labute approximate surface area is 130 Å². The fraction of sp³-hybridized carbons (Fsp3) is 0.417. The number of carbonyl (C=O) groups is 1. The highest BCUT2D eigenvalue weighted by atomic mass is 79.9. The van der Waals surface area contributed by atoms with E-state index in [1.165, 1.54) is 0 Å². The average molecular weight is 384 g/mol. The smallest absolute Gasteiger partial charge is 0.344 e. The minimum atomic E-state index is -3.06. The third kappa shape index (κ3) is 4.36. The van der Waals surface area contributed by atoms with Gasteiger partial charge in [0.1, 0.15) is 11.9 Å². The molecule has 0 unspecified atom stereocenters. The van der Waals surface area contributed by atoms with Gasteiger partial charge in [-0.25, -0.2) is 13.2 Å². The van der Waals surface area contributed by atoms with E-state index < -0.39 is 21.9 Å². The Morgan fingerprint density at radius 1 is 1.45 bits per heavy atom. The normalized spacial score (nSPS) is 20.6. The zero-order valence-corrected chi connectivity index (χ0v) is 13.5. The number of esters is 1. The van der Waals surface area contributed by atoms with Crippen LogP contribution < -0.4 is 4.74 Å². The van der Waals surface area contributed by atoms with Gasteiger partial charge in [0.05, 0.1) is 16.0 Å². The Bertz CT molecular complexity index is 616. The lowest BCUT2D eigenvalue weighted by Crippen LogP contribution is -2.23. The van der Waals surface area contributed by atoms with Gasteiger partial charge in [-0.05, 0) is 40.5 Å². The standard InChI is InChI=1S/C12H12BrClO5S/c13-10-5-8(14)1-2-11(10)18-6-12(15)19-9-3-4-20(16,17)7-9/h1-2,5,9H,3-4,6-7H2/t9-/m0/s1. The number of hydrogen-bond acceptors (Lipinski definition) is 5. The Balaban J connectivity index is 1.84. The van der Waals surface area contributed by atoms with Crippen molar-refractivity contribution in [1.82, 2.24) is 0 Å². The molecule has 0 N–H and O–H groups in total. The molecule has 0 aliphatic carbocycles. The zero-order chi connectivity index (χ0) is 14.8. The minimum Gasteiger partial charge on any atom is -0.481 e. The van der Waals surface area contributed by atoms with Gasteiger partial charge in [0.25, 0.3) is 0 Å². The molecule has 2 rings (SSSR count). The van der Waals surface area contributed by atoms with E-state index in [1.807, 2.05) is 0 Å². The van der Waals surface area contributed by atoms with Crippen molar-refractivity contribution in [2.45, 2.75) is 12.5 Å². The summed E-state index contributed by atoms with van der Waals surface area (Å²) in [7, 11) is -3.06. The summed E-state index contributed by atoms with van der Waals surface area (Å²) in [5.74, 6) is -0.169. The number of halogens is 2. The van der Waals surface area contributed by atoms with Crippen LogP contribution in [0.2, 0.25) is 5.02 Å². The van der Waals surface area contributed by atoms with Crippen molar-refractivity contribution >= 4 is 43.3 Å². The highest BCUT2D eigenvalue weighted by Crippen LogP contribution is 2.28. The number of carbonyl (C=O) groups excluding carboxylic acids is 1. The Morgan fingerprint density at radius 2 is 2.20 bits per heavy atom. The van der Waals surface area contributed by atoms with Crippen molar-refractivity contribution in [3.63, 3.8) is 0 Å². The fourth-order valence-electron chi connectivity index (χ4n) is 1.80. The van der Waals surface area contributed by atoms with Gasteiger partial charge < -0.3 is 9.47 Å². The van der Waals surface area contributed by atoms with Crippen LogP contribution in [0.5, 0.6) is 5.75 Å². The first-order valence-electron chi connectivity index (χ1n) is 5.83. The summed E-state index contributed by atoms with van der Waals surface area (Å²) < 4.78 is 33.4. The molecule has 0 saturated carbocycles. The molecule has 1 aromatic rings. The van der Waals surface area contributed by atoms with Gasteiger partial charge in [-0.1, -0.05) is 11.6 Å². The summed E-state index contributed by atoms with van der Waals surface area (Å²) in [5, 5.41) is 0.544. The van der Waals surface area contributed by atoms with Gasteiger partial charge in [-0.3, -0.25) is 0 Å². The predicted molar refractivity (Wildman–Crippen MR) is 77.8 cm³/mol. The van der Waals surface area contributed by atoms with E-state index >= 15 is 0 Å². The van der Waals surface area contributed by atoms with Gasteiger partial charge in [-0.15, -0.1) is 0 Å². The van der Waals surface area contributed by atoms with Crippen LogP contribution in [0.3, 0.4) is 0 Å². The second-order valence-corrected chi connectivity index (χ2v) is 7.90. The zero-order valence-electron chi connectivity index (χ0n) is 10.3. The summed E-state index contributed by atoms with van der Waals surface area (Å²) in [6.07, 6.45) is -0.219. The van der Waals surface area contributed by atoms with Crippen molar-refractivity contribution in [2.75, 3.05) is 18.1 Å². The van der Waals surface area contributed by atoms with Crippen molar-refractivity contribution < 1.29 is 22.7 Å². The van der Waals surface area contributed by atoms with Crippen molar-refractivity contribution in [2.24, 2.45) is 0 Å². The van der Waals surface area contributed by atoms with Gasteiger partial charge >= 0.3 is 5.97 Å². The number of sulfone groups is 1. The number of ether oxygens (including phenoxy) is 2. The van der Waals surface area contributed by atoms with Gasteiger partial charge in [-0.2, -0.15) is 0 Å². The van der Waals surface area contributed by atoms with Gasteiger partial charge in [0, 0.05) is 5.02 Å². The van der Waals surface area contributed by atoms with E-state index in [0.29, 0.717) is 21.7 Å². The first-order valence-corrected chi connectivity index (χ1v) is 8.83. The first-order chi connectivity index (χ1) is 9.35. The summed E-state index contributed by atoms with van der Waals surface area (Å²) in [6, 6.07) is 4.90. The Morgan fingerprint density at radius 3 is 2.80 bits per heavy atom. The van der Waals surface area contributed by atoms with Crippen LogP contribution in [0.4, 0.5) is 0 Å². The summed E-state index contributed by atoms with van der Waals surface area (Å²) in [5.41, 5.74) is 0. The lowest BCUT2D eigenvalue weighted by molar-refractivity contribution is -0.150. The van der Waals surface area contributed by atoms with Crippen LogP contribution in [0.15, 0.2) is 22.7 Å². The molecule has 0 aromatic heterocycles. The lowest BCUT2D eigenvalue weighted by Gasteiger charge is -2.11. The molecular weight excluding hydrogens is 372 g/mol. The monoisotopic (exact) mass is 382 g/mol. The Hall–Kier alpha value is -0.790. The van der Waals surface area contributed by atoms with E-state index in [9.17, 15) is 13.2 Å². The SMILES string of the molecule is O=C(COc1ccc(Cl)cc1Br)O[C@H]1CCS(=O)(=O)C1. The first kappa shape index (κ1) is 15.6. The second kappa shape index (κ2) is 6.32. The van der Waals surface area contributed by atoms with E-state index in [0.717, 1.165) is 0 Å². The number of rotatable bonds is 4. The molecular formula is C12H12BrClO5S. The molecule has 1 aliphatic rings. The molecule has 1 aromatic carbocycles. The highest BCUT2D eigenvalue weighted by molar-refractivity contribution is 9.10. The van der Waals surface area contributed by atoms with Gasteiger partial charge in [0.15, 0.2) is 16.4 Å². The molecule has 20 heavy (non-hydrogen) atoms. The van der Waals surface area contributed by atoms with Crippen LogP contribution in [0.1, 0.15) is 6.42 Å². The number of hydrogen-bond donors (Lipinski definition) is 0. The van der Waals surface area contributed by atoms with Crippen LogP contribution in [0.25, 0.3) is 0 Å². The third-order valence-corrected chi connectivity index (χ3v) is 5.32. The molecule has 5 nitrogen and oxygen atoms in total. The molecule has 110 valence electrons. The van der Waals surface area contributed by atoms with Crippen LogP contribution in [-0.4, -0.2) is 38.6 Å². The summed E-state index contributed by atoms with van der Waals surface area (Å²) >= 11 is 9.05. The maximum atomic E-state index is 11.6. The van der Waals surface area contributed by atoms with Crippen LogP contribution in [-0.2, 0) is 19.4 Å². The molecule has 1 heterocycles. The van der Waals surface area contributed by atoms with Gasteiger partial charge in [0.2, 0.25) is 0 Å². The quantitative estimate of drug-likeness (QED) is 0.746. The predicted octanol–water partition coefficient (Wildman–Crippen LogP) is 2.21. The maximum absolute atomic E-state index is 11.6. The maximum Gasteiger partial charge on any atom is 0.344 e. The molecule has 1 saturated heterocycles. The molecule has 1 atom stereocenters. The topological polar surface area (TPSA) is 69.7 Å². The molecule has 0 radical (unpaired) electrons. The fourth-order valence-corrected chi connectivity index (χ4v) is 4.19. The highest BCUT2D eigenvalue weighted by Gasteiger charge is 2.30. The summed E-state index contributed by atoms with van der Waals surface area (Å²) in [6.45, 7) is -0.281. The molecule has 8 heteroatoms. The van der Waals surface area contributed by atoms with E-state index in [4.69, 9.17) is 21.1 Å². The van der Waals surface area contributed by atoms with Crippen LogP contribution >= 0.6 is 27.5 Å². The number of benzene rings is 1. The van der Waals surface area contributed by atoms with E-state index in [-0.39, 0.29) is 18.1 Å². The third-order valence-electron chi connectivity index (χ3n) is 2.73. The molecule has 1 aliphatic heterocycles. The average Bonchev–Trinajstić information content (AvgIpc) is 2.67. The summed E-state index contributed by atoms with van der Waals surface area (Å²) in [4.78, 5) is 11.6. The molecule has 1 fully saturated rings. The largest absolute Gasteiger partial charge is 0.481 e. The van der Waals surface area contributed by atoms with Crippen molar-refractivity contribution in [3.8, 4) is 5.75 Å².